The molecule has 1 fully saturated rings. The molecular formula is C23H30ClFN4O3S. The molecule has 0 spiro atoms. The van der Waals surface area contributed by atoms with Crippen LogP contribution in [0.4, 0.5) is 10.1 Å². The number of hydrogen-bond donors (Lipinski definition) is 1. The molecule has 180 valence electrons. The lowest BCUT2D eigenvalue weighted by Gasteiger charge is -2.37. The van der Waals surface area contributed by atoms with Crippen LogP contribution >= 0.6 is 11.6 Å². The highest BCUT2D eigenvalue weighted by Gasteiger charge is 2.25. The number of amides is 1. The molecule has 1 saturated heterocycles. The first kappa shape index (κ1) is 25.4. The van der Waals surface area contributed by atoms with Gasteiger partial charge in [-0.25, -0.2) is 17.1 Å². The minimum atomic E-state index is -3.82. The van der Waals surface area contributed by atoms with Crippen LogP contribution in [0.2, 0.25) is 5.02 Å². The van der Waals surface area contributed by atoms with Crippen LogP contribution in [0.25, 0.3) is 0 Å². The van der Waals surface area contributed by atoms with Crippen LogP contribution in [0, 0.1) is 5.82 Å². The fourth-order valence-corrected chi connectivity index (χ4v) is 5.26. The largest absolute Gasteiger partial charge is 0.369 e. The number of carbonyl (C=O) groups is 1. The molecule has 1 aliphatic rings. The van der Waals surface area contributed by atoms with E-state index in [0.717, 1.165) is 42.7 Å². The lowest BCUT2D eigenvalue weighted by Crippen LogP contribution is -2.46. The number of anilines is 1. The Morgan fingerprint density at radius 3 is 2.42 bits per heavy atom. The molecule has 1 unspecified atom stereocenters. The van der Waals surface area contributed by atoms with Crippen molar-refractivity contribution in [2.75, 3.05) is 51.7 Å². The Balaban J connectivity index is 1.84. The zero-order chi connectivity index (χ0) is 24.3. The van der Waals surface area contributed by atoms with Gasteiger partial charge in [-0.3, -0.25) is 4.79 Å². The zero-order valence-electron chi connectivity index (χ0n) is 19.3. The Morgan fingerprint density at radius 1 is 1.15 bits per heavy atom. The molecule has 0 aromatic heterocycles. The van der Waals surface area contributed by atoms with Crippen molar-refractivity contribution in [3.8, 4) is 0 Å². The summed E-state index contributed by atoms with van der Waals surface area (Å²) in [7, 11) is -1.03. The van der Waals surface area contributed by atoms with Gasteiger partial charge in [0.05, 0.1) is 11.1 Å². The van der Waals surface area contributed by atoms with Gasteiger partial charge in [-0.1, -0.05) is 18.5 Å². The van der Waals surface area contributed by atoms with Crippen molar-refractivity contribution in [1.29, 1.82) is 0 Å². The number of hydrogen-bond acceptors (Lipinski definition) is 5. The molecule has 0 bridgehead atoms. The highest BCUT2D eigenvalue weighted by Crippen LogP contribution is 2.29. The summed E-state index contributed by atoms with van der Waals surface area (Å²) in [5.74, 6) is -0.853. The lowest BCUT2D eigenvalue weighted by molar-refractivity contribution is 0.0939. The highest BCUT2D eigenvalue weighted by atomic mass is 35.5. The summed E-state index contributed by atoms with van der Waals surface area (Å²) < 4.78 is 40.2. The maximum Gasteiger partial charge on any atom is 0.251 e. The number of nitrogens with one attached hydrogen (secondary N) is 1. The fraction of sp³-hybridized carbons (Fsp3) is 0.435. The lowest BCUT2D eigenvalue weighted by atomic mass is 10.0. The second kappa shape index (κ2) is 10.4. The molecular weight excluding hydrogens is 467 g/mol. The first-order chi connectivity index (χ1) is 15.5. The number of sulfonamides is 1. The Hall–Kier alpha value is -2.20. The van der Waals surface area contributed by atoms with E-state index < -0.39 is 22.0 Å². The normalized spacial score (nSPS) is 16.2. The van der Waals surface area contributed by atoms with E-state index in [2.05, 4.69) is 22.0 Å². The summed E-state index contributed by atoms with van der Waals surface area (Å²) in [6.07, 6.45) is 0. The van der Waals surface area contributed by atoms with E-state index in [9.17, 15) is 17.6 Å². The standard InChI is InChI=1S/C23H30ClFN4O3S/c1-5-28-10-12-29(13-11-28)21-9-7-18(25)15-19(21)16(2)26-23(30)17-6-8-20(24)22(14-17)33(31,32)27(3)4/h6-9,14-16H,5,10-13H2,1-4H3,(H,26,30). The van der Waals surface area contributed by atoms with Crippen molar-refractivity contribution < 1.29 is 17.6 Å². The smallest absolute Gasteiger partial charge is 0.251 e. The average molecular weight is 497 g/mol. The minimum absolute atomic E-state index is 0.0342. The predicted octanol–water partition coefficient (Wildman–Crippen LogP) is 3.36. The summed E-state index contributed by atoms with van der Waals surface area (Å²) in [6.45, 7) is 8.37. The Bertz CT molecular complexity index is 1120. The van der Waals surface area contributed by atoms with E-state index in [4.69, 9.17) is 11.6 Å². The van der Waals surface area contributed by atoms with Crippen molar-refractivity contribution in [2.24, 2.45) is 0 Å². The molecule has 3 rings (SSSR count). The average Bonchev–Trinajstić information content (AvgIpc) is 2.79. The summed E-state index contributed by atoms with van der Waals surface area (Å²) in [5, 5.41) is 2.91. The van der Waals surface area contributed by atoms with Crippen LogP contribution in [0.15, 0.2) is 41.3 Å². The van der Waals surface area contributed by atoms with Crippen molar-refractivity contribution >= 4 is 33.2 Å². The van der Waals surface area contributed by atoms with Gasteiger partial charge in [-0.2, -0.15) is 0 Å². The SMILES string of the molecule is CCN1CCN(c2ccc(F)cc2C(C)NC(=O)c2ccc(Cl)c(S(=O)(=O)N(C)C)c2)CC1. The van der Waals surface area contributed by atoms with Gasteiger partial charge in [0.15, 0.2) is 0 Å². The van der Waals surface area contributed by atoms with Crippen molar-refractivity contribution in [1.82, 2.24) is 14.5 Å². The summed E-state index contributed by atoms with van der Waals surface area (Å²) in [5.41, 5.74) is 1.71. The Morgan fingerprint density at radius 2 is 1.82 bits per heavy atom. The van der Waals surface area contributed by atoms with E-state index in [0.29, 0.717) is 5.56 Å². The molecule has 0 radical (unpaired) electrons. The van der Waals surface area contributed by atoms with Crippen molar-refractivity contribution in [3.63, 3.8) is 0 Å². The molecule has 10 heteroatoms. The van der Waals surface area contributed by atoms with Gasteiger partial charge in [-0.15, -0.1) is 0 Å². The van der Waals surface area contributed by atoms with Gasteiger partial charge in [-0.05, 0) is 49.9 Å². The van der Waals surface area contributed by atoms with E-state index in [1.807, 2.05) is 0 Å². The molecule has 0 aliphatic carbocycles. The quantitative estimate of drug-likeness (QED) is 0.636. The van der Waals surface area contributed by atoms with Crippen LogP contribution in [0.3, 0.4) is 0 Å². The number of benzene rings is 2. The summed E-state index contributed by atoms with van der Waals surface area (Å²) in [6, 6.07) is 8.23. The van der Waals surface area contributed by atoms with Gasteiger partial charge < -0.3 is 15.1 Å². The predicted molar refractivity (Wildman–Crippen MR) is 129 cm³/mol. The monoisotopic (exact) mass is 496 g/mol. The number of rotatable bonds is 7. The molecule has 7 nitrogen and oxygen atoms in total. The maximum absolute atomic E-state index is 14.1. The third-order valence-electron chi connectivity index (χ3n) is 5.92. The molecule has 1 amide bonds. The summed E-state index contributed by atoms with van der Waals surface area (Å²) >= 11 is 6.09. The number of piperazine rings is 1. The summed E-state index contributed by atoms with van der Waals surface area (Å²) in [4.78, 5) is 17.4. The molecule has 33 heavy (non-hydrogen) atoms. The van der Waals surface area contributed by atoms with Gasteiger partial charge in [0.1, 0.15) is 10.7 Å². The number of carbonyl (C=O) groups excluding carboxylic acids is 1. The first-order valence-corrected chi connectivity index (χ1v) is 12.7. The number of halogens is 2. The van der Waals surface area contributed by atoms with E-state index >= 15 is 0 Å². The fourth-order valence-electron chi connectivity index (χ4n) is 3.86. The molecule has 1 N–H and O–H groups in total. The third kappa shape index (κ3) is 5.66. The first-order valence-electron chi connectivity index (χ1n) is 10.8. The van der Waals surface area contributed by atoms with Crippen LogP contribution in [0.5, 0.6) is 0 Å². The molecule has 1 aliphatic heterocycles. The molecule has 1 atom stereocenters. The highest BCUT2D eigenvalue weighted by molar-refractivity contribution is 7.89. The van der Waals surface area contributed by atoms with Crippen LogP contribution in [0.1, 0.15) is 35.8 Å². The van der Waals surface area contributed by atoms with E-state index in [1.165, 1.54) is 44.4 Å². The second-order valence-corrected chi connectivity index (χ2v) is 10.8. The number of nitrogens with zero attached hydrogens (tertiary/aromatic N) is 3. The zero-order valence-corrected chi connectivity index (χ0v) is 20.9. The van der Waals surface area contributed by atoms with Gasteiger partial charge in [0, 0.05) is 57.1 Å². The van der Waals surface area contributed by atoms with E-state index in [1.54, 1.807) is 13.0 Å². The molecule has 2 aromatic rings. The van der Waals surface area contributed by atoms with Gasteiger partial charge >= 0.3 is 0 Å². The Kier molecular flexibility index (Phi) is 8.00. The molecule has 0 saturated carbocycles. The van der Waals surface area contributed by atoms with Crippen molar-refractivity contribution in [2.45, 2.75) is 24.8 Å². The van der Waals surface area contributed by atoms with Gasteiger partial charge in [0.2, 0.25) is 10.0 Å². The van der Waals surface area contributed by atoms with Crippen LogP contribution < -0.4 is 10.2 Å². The second-order valence-electron chi connectivity index (χ2n) is 8.25. The third-order valence-corrected chi connectivity index (χ3v) is 8.21. The Labute approximate surface area is 200 Å². The van der Waals surface area contributed by atoms with Crippen molar-refractivity contribution in [3.05, 3.63) is 58.4 Å². The molecule has 1 heterocycles. The van der Waals surface area contributed by atoms with Crippen LogP contribution in [-0.4, -0.2) is 70.3 Å². The van der Waals surface area contributed by atoms with E-state index in [-0.39, 0.29) is 21.3 Å². The van der Waals surface area contributed by atoms with Crippen LogP contribution in [-0.2, 0) is 10.0 Å². The molecule has 2 aromatic carbocycles. The van der Waals surface area contributed by atoms with Gasteiger partial charge in [0.25, 0.3) is 5.91 Å². The minimum Gasteiger partial charge on any atom is -0.369 e. The number of likely N-dealkylation sites (N-methyl/N-ethyl adjacent to an activating group) is 1. The maximum atomic E-state index is 14.1. The topological polar surface area (TPSA) is 73.0 Å².